The second-order valence-corrected chi connectivity index (χ2v) is 5.07. The molecule has 20 heavy (non-hydrogen) atoms. The molecule has 0 bridgehead atoms. The highest BCUT2D eigenvalue weighted by Crippen LogP contribution is 2.25. The maximum atomic E-state index is 13.0. The fraction of sp³-hybridized carbons (Fsp3) is 0.667. The normalized spacial score (nSPS) is 22.1. The van der Waals surface area contributed by atoms with Gasteiger partial charge in [-0.2, -0.15) is 5.10 Å². The fourth-order valence-corrected chi connectivity index (χ4v) is 2.34. The van der Waals surface area contributed by atoms with E-state index >= 15 is 0 Å². The van der Waals surface area contributed by atoms with Crippen LogP contribution in [0.25, 0.3) is 0 Å². The van der Waals surface area contributed by atoms with Crippen LogP contribution in [0.5, 0.6) is 0 Å². The van der Waals surface area contributed by atoms with Crippen molar-refractivity contribution in [1.29, 1.82) is 0 Å². The van der Waals surface area contributed by atoms with Crippen molar-refractivity contribution in [2.75, 3.05) is 6.54 Å². The van der Waals surface area contributed by atoms with Gasteiger partial charge in [0, 0.05) is 25.2 Å². The minimum Gasteiger partial charge on any atom is -0.348 e. The number of carbonyl (C=O) groups is 1. The summed E-state index contributed by atoms with van der Waals surface area (Å²) in [7, 11) is 1.80. The Bertz CT molecular complexity index is 492. The van der Waals surface area contributed by atoms with Gasteiger partial charge in [0.05, 0.1) is 24.3 Å². The molecule has 1 aromatic heterocycles. The number of rotatable bonds is 3. The van der Waals surface area contributed by atoms with E-state index < -0.39 is 30.8 Å². The van der Waals surface area contributed by atoms with Gasteiger partial charge in [-0.15, -0.1) is 12.4 Å². The number of nitrogens with zero attached hydrogens (tertiary/aromatic N) is 2. The minimum atomic E-state index is -2.80. The van der Waals surface area contributed by atoms with Crippen LogP contribution in [0.3, 0.4) is 0 Å². The highest BCUT2D eigenvalue weighted by molar-refractivity contribution is 5.85. The highest BCUT2D eigenvalue weighted by atomic mass is 35.5. The molecule has 2 unspecified atom stereocenters. The smallest absolute Gasteiger partial charge is 0.262 e. The Kier molecular flexibility index (Phi) is 5.10. The Labute approximate surface area is 122 Å². The molecule has 0 radical (unpaired) electrons. The molecule has 1 fully saturated rings. The summed E-state index contributed by atoms with van der Waals surface area (Å²) in [5.41, 5.74) is 1.71. The van der Waals surface area contributed by atoms with Crippen molar-refractivity contribution in [3.8, 4) is 0 Å². The van der Waals surface area contributed by atoms with Crippen LogP contribution in [-0.4, -0.2) is 34.2 Å². The molecular weight excluding hydrogens is 290 g/mol. The third-order valence-corrected chi connectivity index (χ3v) is 3.30. The monoisotopic (exact) mass is 308 g/mol. The van der Waals surface area contributed by atoms with E-state index in [1.165, 1.54) is 0 Å². The van der Waals surface area contributed by atoms with Crippen molar-refractivity contribution < 1.29 is 13.6 Å². The number of carbonyl (C=O) groups excluding carboxylic acids is 1. The molecule has 1 amide bonds. The van der Waals surface area contributed by atoms with Crippen LogP contribution in [0, 0.1) is 6.92 Å². The van der Waals surface area contributed by atoms with Gasteiger partial charge >= 0.3 is 0 Å². The van der Waals surface area contributed by atoms with Gasteiger partial charge < -0.3 is 5.32 Å². The Hall–Kier alpha value is -1.21. The zero-order valence-corrected chi connectivity index (χ0v) is 12.4. The lowest BCUT2D eigenvalue weighted by Gasteiger charge is -2.16. The number of aromatic nitrogens is 2. The Morgan fingerprint density at radius 3 is 2.75 bits per heavy atom. The third-order valence-electron chi connectivity index (χ3n) is 3.30. The number of aryl methyl sites for hydroxylation is 2. The average molecular weight is 309 g/mol. The van der Waals surface area contributed by atoms with E-state index in [0.717, 1.165) is 11.3 Å². The van der Waals surface area contributed by atoms with Crippen molar-refractivity contribution >= 4 is 18.3 Å². The number of halogens is 3. The van der Waals surface area contributed by atoms with Crippen LogP contribution in [0.15, 0.2) is 6.20 Å². The van der Waals surface area contributed by atoms with E-state index in [1.807, 2.05) is 20.0 Å². The maximum Gasteiger partial charge on any atom is 0.262 e. The zero-order valence-electron chi connectivity index (χ0n) is 11.6. The van der Waals surface area contributed by atoms with Crippen molar-refractivity contribution in [2.45, 2.75) is 38.3 Å². The molecule has 0 aliphatic carbocycles. The lowest BCUT2D eigenvalue weighted by atomic mass is 10.1. The lowest BCUT2D eigenvalue weighted by Crippen LogP contribution is -2.41. The van der Waals surface area contributed by atoms with Gasteiger partial charge in [0.15, 0.2) is 0 Å². The lowest BCUT2D eigenvalue weighted by molar-refractivity contribution is -0.124. The van der Waals surface area contributed by atoms with E-state index in [1.54, 1.807) is 11.7 Å². The van der Waals surface area contributed by atoms with Gasteiger partial charge in [-0.3, -0.25) is 14.8 Å². The predicted molar refractivity (Wildman–Crippen MR) is 73.1 cm³/mol. The van der Waals surface area contributed by atoms with Gasteiger partial charge in [-0.05, 0) is 13.8 Å². The van der Waals surface area contributed by atoms with Crippen LogP contribution in [0.1, 0.15) is 30.6 Å². The predicted octanol–water partition coefficient (Wildman–Crippen LogP) is 1.32. The minimum absolute atomic E-state index is 0. The average Bonchev–Trinajstić information content (AvgIpc) is 2.81. The molecule has 8 heteroatoms. The molecule has 0 saturated carbocycles. The van der Waals surface area contributed by atoms with Crippen LogP contribution in [0.2, 0.25) is 0 Å². The van der Waals surface area contributed by atoms with Gasteiger partial charge in [-0.25, -0.2) is 8.78 Å². The van der Waals surface area contributed by atoms with Crippen LogP contribution in [0.4, 0.5) is 8.78 Å². The Balaban J connectivity index is 0.00000200. The molecule has 0 spiro atoms. The first-order chi connectivity index (χ1) is 8.78. The standard InChI is InChI=1S/C12H18F2N4O.ClH/c1-7(9-5-18(3)17-8(9)2)16-11(19)10-4-12(13,14)6-15-10;/h5,7,10,15H,4,6H2,1-3H3,(H,16,19);1H. The largest absolute Gasteiger partial charge is 0.348 e. The molecule has 1 aliphatic heterocycles. The topological polar surface area (TPSA) is 59.0 Å². The molecule has 2 N–H and O–H groups in total. The third kappa shape index (κ3) is 3.67. The number of nitrogens with one attached hydrogen (secondary N) is 2. The summed E-state index contributed by atoms with van der Waals surface area (Å²) in [6, 6.07) is -1.08. The molecular formula is C12H19ClF2N4O. The van der Waals surface area contributed by atoms with E-state index in [4.69, 9.17) is 0 Å². The van der Waals surface area contributed by atoms with Crippen molar-refractivity contribution in [3.63, 3.8) is 0 Å². The van der Waals surface area contributed by atoms with Gasteiger partial charge in [0.1, 0.15) is 0 Å². The van der Waals surface area contributed by atoms with Crippen molar-refractivity contribution in [2.24, 2.45) is 7.05 Å². The van der Waals surface area contributed by atoms with Crippen LogP contribution >= 0.6 is 12.4 Å². The Morgan fingerprint density at radius 1 is 1.65 bits per heavy atom. The molecule has 2 atom stereocenters. The summed E-state index contributed by atoms with van der Waals surface area (Å²) < 4.78 is 27.7. The zero-order chi connectivity index (χ0) is 14.2. The fourth-order valence-electron chi connectivity index (χ4n) is 2.34. The number of hydrogen-bond acceptors (Lipinski definition) is 3. The molecule has 1 saturated heterocycles. The summed E-state index contributed by atoms with van der Waals surface area (Å²) in [5.74, 6) is -3.19. The Morgan fingerprint density at radius 2 is 2.30 bits per heavy atom. The first-order valence-electron chi connectivity index (χ1n) is 6.20. The second kappa shape index (κ2) is 6.05. The highest BCUT2D eigenvalue weighted by Gasteiger charge is 2.42. The first kappa shape index (κ1) is 16.8. The molecule has 2 heterocycles. The molecule has 1 aliphatic rings. The van der Waals surface area contributed by atoms with E-state index in [0.29, 0.717) is 0 Å². The van der Waals surface area contributed by atoms with Gasteiger partial charge in [0.25, 0.3) is 5.92 Å². The van der Waals surface area contributed by atoms with Gasteiger partial charge in [-0.1, -0.05) is 0 Å². The molecule has 114 valence electrons. The summed E-state index contributed by atoms with van der Waals surface area (Å²) in [5, 5.41) is 9.47. The van der Waals surface area contributed by atoms with Crippen LogP contribution < -0.4 is 10.6 Å². The number of alkyl halides is 2. The van der Waals surface area contributed by atoms with Crippen molar-refractivity contribution in [3.05, 3.63) is 17.5 Å². The van der Waals surface area contributed by atoms with E-state index in [9.17, 15) is 13.6 Å². The SMILES string of the molecule is Cc1nn(C)cc1C(C)NC(=O)C1CC(F)(F)CN1.Cl. The molecule has 1 aromatic rings. The molecule has 2 rings (SSSR count). The maximum absolute atomic E-state index is 13.0. The summed E-state index contributed by atoms with van der Waals surface area (Å²) in [6.07, 6.45) is 1.37. The molecule has 0 aromatic carbocycles. The second-order valence-electron chi connectivity index (χ2n) is 5.07. The van der Waals surface area contributed by atoms with Crippen molar-refractivity contribution in [1.82, 2.24) is 20.4 Å². The summed E-state index contributed by atoms with van der Waals surface area (Å²) in [4.78, 5) is 11.9. The summed E-state index contributed by atoms with van der Waals surface area (Å²) >= 11 is 0. The molecule has 5 nitrogen and oxygen atoms in total. The summed E-state index contributed by atoms with van der Waals surface area (Å²) in [6.45, 7) is 3.22. The van der Waals surface area contributed by atoms with E-state index in [2.05, 4.69) is 15.7 Å². The van der Waals surface area contributed by atoms with E-state index in [-0.39, 0.29) is 18.4 Å². The first-order valence-corrected chi connectivity index (χ1v) is 6.20. The van der Waals surface area contributed by atoms with Gasteiger partial charge in [0.2, 0.25) is 5.91 Å². The number of hydrogen-bond donors (Lipinski definition) is 2. The number of amides is 1. The van der Waals surface area contributed by atoms with Crippen LogP contribution in [-0.2, 0) is 11.8 Å². The quantitative estimate of drug-likeness (QED) is 0.885.